The maximum atomic E-state index is 14.0. The smallest absolute Gasteiger partial charge is 0.170 e. The molecule has 20 heavy (non-hydrogen) atoms. The monoisotopic (exact) mass is 278 g/mol. The first-order valence-electron chi connectivity index (χ1n) is 6.62. The molecule has 0 saturated heterocycles. The van der Waals surface area contributed by atoms with Crippen molar-refractivity contribution >= 4 is 0 Å². The van der Waals surface area contributed by atoms with Gasteiger partial charge in [-0.05, 0) is 12.5 Å². The minimum Gasteiger partial charge on any atom is -0.494 e. The fourth-order valence-corrected chi connectivity index (χ4v) is 2.03. The van der Waals surface area contributed by atoms with Crippen molar-refractivity contribution in [3.8, 4) is 5.75 Å². The standard InChI is InChI=1S/C14H19FN4O/c1-3-5-11(16)12-9-19(18-17-12)8-10-6-4-7-13(20-2)14(10)15/h4,6-7,9,11H,3,5,8,16H2,1-2H3. The molecule has 0 spiro atoms. The molecule has 0 aliphatic rings. The van der Waals surface area contributed by atoms with E-state index in [1.165, 1.54) is 7.11 Å². The molecule has 6 heteroatoms. The lowest BCUT2D eigenvalue weighted by molar-refractivity contribution is 0.383. The number of nitrogens with two attached hydrogens (primary N) is 1. The van der Waals surface area contributed by atoms with E-state index >= 15 is 0 Å². The Morgan fingerprint density at radius 3 is 2.95 bits per heavy atom. The summed E-state index contributed by atoms with van der Waals surface area (Å²) >= 11 is 0. The lowest BCUT2D eigenvalue weighted by Gasteiger charge is -2.07. The van der Waals surface area contributed by atoms with Crippen LogP contribution in [0.25, 0.3) is 0 Å². The number of hydrogen-bond acceptors (Lipinski definition) is 4. The van der Waals surface area contributed by atoms with E-state index in [9.17, 15) is 4.39 Å². The second-order valence-corrected chi connectivity index (χ2v) is 4.67. The zero-order chi connectivity index (χ0) is 14.5. The zero-order valence-electron chi connectivity index (χ0n) is 11.7. The summed E-state index contributed by atoms with van der Waals surface area (Å²) in [6.07, 6.45) is 3.60. The van der Waals surface area contributed by atoms with Crippen molar-refractivity contribution < 1.29 is 9.13 Å². The summed E-state index contributed by atoms with van der Waals surface area (Å²) in [5.74, 6) is -0.143. The van der Waals surface area contributed by atoms with Gasteiger partial charge in [0.15, 0.2) is 11.6 Å². The van der Waals surface area contributed by atoms with Crippen molar-refractivity contribution in [2.45, 2.75) is 32.4 Å². The third-order valence-electron chi connectivity index (χ3n) is 3.13. The predicted molar refractivity (Wildman–Crippen MR) is 73.9 cm³/mol. The topological polar surface area (TPSA) is 66.0 Å². The summed E-state index contributed by atoms with van der Waals surface area (Å²) in [6.45, 7) is 2.37. The van der Waals surface area contributed by atoms with E-state index in [2.05, 4.69) is 17.2 Å². The van der Waals surface area contributed by atoms with Crippen molar-refractivity contribution in [2.75, 3.05) is 7.11 Å². The highest BCUT2D eigenvalue weighted by molar-refractivity contribution is 5.31. The molecule has 1 aromatic heterocycles. The number of hydrogen-bond donors (Lipinski definition) is 1. The van der Waals surface area contributed by atoms with E-state index in [1.807, 2.05) is 0 Å². The minimum absolute atomic E-state index is 0.121. The number of halogens is 1. The van der Waals surface area contributed by atoms with Crippen LogP contribution in [0.1, 0.15) is 37.1 Å². The Morgan fingerprint density at radius 2 is 2.25 bits per heavy atom. The largest absolute Gasteiger partial charge is 0.494 e. The molecule has 0 radical (unpaired) electrons. The van der Waals surface area contributed by atoms with Gasteiger partial charge in [-0.1, -0.05) is 30.7 Å². The molecule has 108 valence electrons. The first-order valence-corrected chi connectivity index (χ1v) is 6.62. The van der Waals surface area contributed by atoms with Gasteiger partial charge in [-0.2, -0.15) is 0 Å². The average molecular weight is 278 g/mol. The first kappa shape index (κ1) is 14.5. The maximum absolute atomic E-state index is 14.0. The maximum Gasteiger partial charge on any atom is 0.170 e. The molecule has 1 aromatic carbocycles. The number of aromatic nitrogens is 3. The van der Waals surface area contributed by atoms with Gasteiger partial charge in [-0.3, -0.25) is 0 Å². The average Bonchev–Trinajstić information content (AvgIpc) is 2.90. The zero-order valence-corrected chi connectivity index (χ0v) is 11.7. The van der Waals surface area contributed by atoms with Crippen LogP contribution in [-0.4, -0.2) is 22.1 Å². The number of nitrogens with zero attached hydrogens (tertiary/aromatic N) is 3. The van der Waals surface area contributed by atoms with Crippen LogP contribution in [-0.2, 0) is 6.54 Å². The molecule has 0 amide bonds. The molecule has 2 N–H and O–H groups in total. The Bertz CT molecular complexity index is 570. The van der Waals surface area contributed by atoms with Crippen LogP contribution < -0.4 is 10.5 Å². The predicted octanol–water partition coefficient (Wildman–Crippen LogP) is 2.27. The minimum atomic E-state index is -0.370. The molecule has 1 unspecified atom stereocenters. The van der Waals surface area contributed by atoms with Crippen molar-refractivity contribution in [3.05, 3.63) is 41.5 Å². The van der Waals surface area contributed by atoms with Crippen LogP contribution in [0.4, 0.5) is 4.39 Å². The van der Waals surface area contributed by atoms with Gasteiger partial charge in [0.1, 0.15) is 0 Å². The first-order chi connectivity index (χ1) is 9.65. The molecule has 0 aliphatic carbocycles. The van der Waals surface area contributed by atoms with E-state index < -0.39 is 0 Å². The molecular weight excluding hydrogens is 259 g/mol. The molecule has 1 atom stereocenters. The van der Waals surface area contributed by atoms with Crippen molar-refractivity contribution in [1.82, 2.24) is 15.0 Å². The van der Waals surface area contributed by atoms with Crippen molar-refractivity contribution in [2.24, 2.45) is 5.73 Å². The van der Waals surface area contributed by atoms with Crippen LogP contribution >= 0.6 is 0 Å². The second-order valence-electron chi connectivity index (χ2n) is 4.67. The van der Waals surface area contributed by atoms with Gasteiger partial charge in [0.05, 0.1) is 31.6 Å². The van der Waals surface area contributed by atoms with Crippen LogP contribution in [0.5, 0.6) is 5.75 Å². The lowest BCUT2D eigenvalue weighted by atomic mass is 10.1. The van der Waals surface area contributed by atoms with Crippen molar-refractivity contribution in [1.29, 1.82) is 0 Å². The highest BCUT2D eigenvalue weighted by atomic mass is 19.1. The van der Waals surface area contributed by atoms with E-state index in [0.717, 1.165) is 18.5 Å². The van der Waals surface area contributed by atoms with Gasteiger partial charge in [-0.15, -0.1) is 5.10 Å². The molecule has 2 aromatic rings. The summed E-state index contributed by atoms with van der Waals surface area (Å²) in [7, 11) is 1.44. The summed E-state index contributed by atoms with van der Waals surface area (Å²) in [5.41, 5.74) is 7.21. The fraction of sp³-hybridized carbons (Fsp3) is 0.429. The highest BCUT2D eigenvalue weighted by Crippen LogP contribution is 2.21. The molecule has 2 rings (SSSR count). The SMILES string of the molecule is CCCC(N)c1cn(Cc2cccc(OC)c2F)nn1. The van der Waals surface area contributed by atoms with E-state index in [0.29, 0.717) is 12.1 Å². The molecule has 0 aliphatic heterocycles. The van der Waals surface area contributed by atoms with E-state index in [-0.39, 0.29) is 17.6 Å². The van der Waals surface area contributed by atoms with Crippen molar-refractivity contribution in [3.63, 3.8) is 0 Å². The number of rotatable bonds is 6. The van der Waals surface area contributed by atoms with Gasteiger partial charge < -0.3 is 10.5 Å². The Kier molecular flexibility index (Phi) is 4.68. The van der Waals surface area contributed by atoms with Crippen LogP contribution in [0.2, 0.25) is 0 Å². The van der Waals surface area contributed by atoms with Crippen LogP contribution in [0, 0.1) is 5.82 Å². The Morgan fingerprint density at radius 1 is 1.45 bits per heavy atom. The second kappa shape index (κ2) is 6.47. The highest BCUT2D eigenvalue weighted by Gasteiger charge is 2.12. The third-order valence-corrected chi connectivity index (χ3v) is 3.13. The fourth-order valence-electron chi connectivity index (χ4n) is 2.03. The Hall–Kier alpha value is -1.95. The quantitative estimate of drug-likeness (QED) is 0.880. The Balaban J connectivity index is 2.15. The summed E-state index contributed by atoms with van der Waals surface area (Å²) in [5, 5.41) is 8.03. The number of methoxy groups -OCH3 is 1. The third kappa shape index (κ3) is 3.14. The van der Waals surface area contributed by atoms with E-state index in [4.69, 9.17) is 10.5 Å². The molecule has 0 fully saturated rings. The van der Waals surface area contributed by atoms with Crippen LogP contribution in [0.3, 0.4) is 0 Å². The number of benzene rings is 1. The van der Waals surface area contributed by atoms with Gasteiger partial charge in [0.25, 0.3) is 0 Å². The Labute approximate surface area is 117 Å². The molecule has 0 saturated carbocycles. The molecule has 1 heterocycles. The van der Waals surface area contributed by atoms with Gasteiger partial charge >= 0.3 is 0 Å². The van der Waals surface area contributed by atoms with E-state index in [1.54, 1.807) is 29.1 Å². The summed E-state index contributed by atoms with van der Waals surface area (Å²) in [4.78, 5) is 0. The summed E-state index contributed by atoms with van der Waals surface area (Å²) < 4.78 is 20.6. The van der Waals surface area contributed by atoms with Crippen LogP contribution in [0.15, 0.2) is 24.4 Å². The molecule has 0 bridgehead atoms. The lowest BCUT2D eigenvalue weighted by Crippen LogP contribution is -2.10. The van der Waals surface area contributed by atoms with Gasteiger partial charge in [0.2, 0.25) is 0 Å². The van der Waals surface area contributed by atoms with Gasteiger partial charge in [0, 0.05) is 5.56 Å². The molecule has 5 nitrogen and oxygen atoms in total. The number of ether oxygens (including phenoxy) is 1. The normalized spacial score (nSPS) is 12.4. The van der Waals surface area contributed by atoms with Gasteiger partial charge in [-0.25, -0.2) is 9.07 Å². The summed E-state index contributed by atoms with van der Waals surface area (Å²) in [6, 6.07) is 4.91. The molecular formula is C14H19FN4O.